The van der Waals surface area contributed by atoms with Crippen LogP contribution in [0.2, 0.25) is 0 Å². The molecular weight excluding hydrogens is 270 g/mol. The Morgan fingerprint density at radius 3 is 2.48 bits per heavy atom. The topological polar surface area (TPSA) is 75.5 Å². The molecule has 0 saturated carbocycles. The molecule has 1 heterocycles. The van der Waals surface area contributed by atoms with Crippen LogP contribution in [-0.4, -0.2) is 41.9 Å². The summed E-state index contributed by atoms with van der Waals surface area (Å²) in [5.41, 5.74) is 0.454. The fraction of sp³-hybridized carbons (Fsp3) is 0.533. The fourth-order valence-corrected chi connectivity index (χ4v) is 2.52. The van der Waals surface area contributed by atoms with E-state index in [1.165, 1.54) is 43.5 Å². The maximum absolute atomic E-state index is 11.9. The Morgan fingerprint density at radius 2 is 1.86 bits per heavy atom. The zero-order valence-corrected chi connectivity index (χ0v) is 12.1. The van der Waals surface area contributed by atoms with Crippen molar-refractivity contribution in [3.8, 4) is 0 Å². The number of piperidine rings is 1. The molecule has 2 rings (SSSR count). The lowest BCUT2D eigenvalue weighted by molar-refractivity contribution is -0.384. The van der Waals surface area contributed by atoms with E-state index < -0.39 is 4.92 Å². The lowest BCUT2D eigenvalue weighted by Gasteiger charge is -2.26. The van der Waals surface area contributed by atoms with Crippen LogP contribution in [0.1, 0.15) is 36.0 Å². The number of nitro benzene ring substituents is 1. The van der Waals surface area contributed by atoms with Gasteiger partial charge < -0.3 is 10.2 Å². The number of nitro groups is 1. The van der Waals surface area contributed by atoms with Crippen LogP contribution in [0.25, 0.3) is 0 Å². The summed E-state index contributed by atoms with van der Waals surface area (Å²) in [5.74, 6) is -0.177. The Morgan fingerprint density at radius 1 is 1.19 bits per heavy atom. The molecule has 1 aromatic rings. The van der Waals surface area contributed by atoms with Gasteiger partial charge in [0.05, 0.1) is 4.92 Å². The lowest BCUT2D eigenvalue weighted by atomic mass is 10.1. The van der Waals surface area contributed by atoms with E-state index in [0.717, 1.165) is 26.1 Å². The number of carbonyl (C=O) groups excluding carboxylic acids is 1. The zero-order chi connectivity index (χ0) is 15.1. The summed E-state index contributed by atoms with van der Waals surface area (Å²) in [4.78, 5) is 24.4. The summed E-state index contributed by atoms with van der Waals surface area (Å²) >= 11 is 0. The second-order valence-corrected chi connectivity index (χ2v) is 5.32. The third-order valence-corrected chi connectivity index (χ3v) is 3.73. The van der Waals surface area contributed by atoms with E-state index >= 15 is 0 Å². The summed E-state index contributed by atoms with van der Waals surface area (Å²) in [6, 6.07) is 5.67. The number of carbonyl (C=O) groups is 1. The van der Waals surface area contributed by atoms with E-state index in [4.69, 9.17) is 0 Å². The highest BCUT2D eigenvalue weighted by atomic mass is 16.6. The van der Waals surface area contributed by atoms with Gasteiger partial charge in [-0.3, -0.25) is 14.9 Å². The molecule has 114 valence electrons. The van der Waals surface area contributed by atoms with Gasteiger partial charge in [-0.05, 0) is 51.0 Å². The highest BCUT2D eigenvalue weighted by Crippen LogP contribution is 2.12. The molecule has 1 saturated heterocycles. The van der Waals surface area contributed by atoms with Crippen LogP contribution < -0.4 is 5.32 Å². The number of amides is 1. The Hall–Kier alpha value is -1.95. The second kappa shape index (κ2) is 7.73. The molecule has 1 aliphatic rings. The van der Waals surface area contributed by atoms with Crippen molar-refractivity contribution >= 4 is 11.6 Å². The quantitative estimate of drug-likeness (QED) is 0.495. The van der Waals surface area contributed by atoms with Gasteiger partial charge in [-0.2, -0.15) is 0 Å². The van der Waals surface area contributed by atoms with Crippen LogP contribution in [0.4, 0.5) is 5.69 Å². The number of nitrogens with zero attached hydrogens (tertiary/aromatic N) is 2. The molecule has 21 heavy (non-hydrogen) atoms. The number of hydrogen-bond donors (Lipinski definition) is 1. The van der Waals surface area contributed by atoms with Crippen molar-refractivity contribution in [2.45, 2.75) is 25.7 Å². The van der Waals surface area contributed by atoms with Gasteiger partial charge in [0.2, 0.25) is 0 Å². The lowest BCUT2D eigenvalue weighted by Crippen LogP contribution is -2.33. The van der Waals surface area contributed by atoms with Crippen molar-refractivity contribution in [3.63, 3.8) is 0 Å². The molecule has 1 aliphatic heterocycles. The minimum Gasteiger partial charge on any atom is -0.352 e. The van der Waals surface area contributed by atoms with Crippen LogP contribution in [0.3, 0.4) is 0 Å². The van der Waals surface area contributed by atoms with Gasteiger partial charge in [-0.25, -0.2) is 0 Å². The van der Waals surface area contributed by atoms with E-state index in [1.54, 1.807) is 0 Å². The fourth-order valence-electron chi connectivity index (χ4n) is 2.52. The summed E-state index contributed by atoms with van der Waals surface area (Å²) in [6.45, 7) is 3.97. The first kappa shape index (κ1) is 15.4. The molecule has 6 nitrogen and oxygen atoms in total. The van der Waals surface area contributed by atoms with Crippen molar-refractivity contribution in [3.05, 3.63) is 39.9 Å². The molecule has 6 heteroatoms. The Kier molecular flexibility index (Phi) is 5.68. The molecule has 1 fully saturated rings. The normalized spacial score (nSPS) is 15.6. The number of hydrogen-bond acceptors (Lipinski definition) is 4. The molecule has 0 aliphatic carbocycles. The zero-order valence-electron chi connectivity index (χ0n) is 12.1. The minimum absolute atomic E-state index is 0.00310. The van der Waals surface area contributed by atoms with E-state index in [9.17, 15) is 14.9 Å². The molecular formula is C15H21N3O3. The number of benzene rings is 1. The van der Waals surface area contributed by atoms with Crippen molar-refractivity contribution in [2.75, 3.05) is 26.2 Å². The first-order valence-electron chi connectivity index (χ1n) is 7.42. The van der Waals surface area contributed by atoms with Crippen LogP contribution >= 0.6 is 0 Å². The summed E-state index contributed by atoms with van der Waals surface area (Å²) in [7, 11) is 0. The van der Waals surface area contributed by atoms with Crippen molar-refractivity contribution in [2.24, 2.45) is 0 Å². The third kappa shape index (κ3) is 4.82. The van der Waals surface area contributed by atoms with E-state index in [2.05, 4.69) is 10.2 Å². The summed E-state index contributed by atoms with van der Waals surface area (Å²) in [5, 5.41) is 13.4. The van der Waals surface area contributed by atoms with Crippen LogP contribution in [0, 0.1) is 10.1 Å². The molecule has 0 atom stereocenters. The van der Waals surface area contributed by atoms with Crippen LogP contribution in [-0.2, 0) is 0 Å². The first-order chi connectivity index (χ1) is 10.2. The molecule has 0 unspecified atom stereocenters. The summed E-state index contributed by atoms with van der Waals surface area (Å²) < 4.78 is 0. The van der Waals surface area contributed by atoms with Gasteiger partial charge in [0, 0.05) is 24.2 Å². The van der Waals surface area contributed by atoms with E-state index in [0.29, 0.717) is 12.1 Å². The second-order valence-electron chi connectivity index (χ2n) is 5.32. The van der Waals surface area contributed by atoms with E-state index in [1.807, 2.05) is 0 Å². The SMILES string of the molecule is O=C(NCCCN1CCCCC1)c1ccc([N+](=O)[O-])cc1. The Balaban J connectivity index is 1.70. The van der Waals surface area contributed by atoms with Crippen LogP contribution in [0.15, 0.2) is 24.3 Å². The molecule has 1 aromatic carbocycles. The molecule has 1 amide bonds. The predicted octanol–water partition coefficient (Wildman–Crippen LogP) is 2.20. The molecule has 0 bridgehead atoms. The molecule has 0 spiro atoms. The van der Waals surface area contributed by atoms with Gasteiger partial charge in [0.15, 0.2) is 0 Å². The Bertz CT molecular complexity index is 481. The largest absolute Gasteiger partial charge is 0.352 e. The van der Waals surface area contributed by atoms with Crippen LogP contribution in [0.5, 0.6) is 0 Å². The molecule has 0 radical (unpaired) electrons. The number of nitrogens with one attached hydrogen (secondary N) is 1. The average molecular weight is 291 g/mol. The highest BCUT2D eigenvalue weighted by Gasteiger charge is 2.11. The van der Waals surface area contributed by atoms with Gasteiger partial charge in [0.25, 0.3) is 11.6 Å². The number of rotatable bonds is 6. The Labute approximate surface area is 124 Å². The van der Waals surface area contributed by atoms with Crippen molar-refractivity contribution in [1.29, 1.82) is 0 Å². The number of non-ortho nitro benzene ring substituents is 1. The maximum atomic E-state index is 11.9. The van der Waals surface area contributed by atoms with Crippen molar-refractivity contribution in [1.82, 2.24) is 10.2 Å². The van der Waals surface area contributed by atoms with Gasteiger partial charge in [-0.1, -0.05) is 6.42 Å². The van der Waals surface area contributed by atoms with Crippen molar-refractivity contribution < 1.29 is 9.72 Å². The monoisotopic (exact) mass is 291 g/mol. The maximum Gasteiger partial charge on any atom is 0.269 e. The number of likely N-dealkylation sites (tertiary alicyclic amines) is 1. The smallest absolute Gasteiger partial charge is 0.269 e. The van der Waals surface area contributed by atoms with Gasteiger partial charge in [-0.15, -0.1) is 0 Å². The van der Waals surface area contributed by atoms with E-state index in [-0.39, 0.29) is 11.6 Å². The molecule has 0 aromatic heterocycles. The average Bonchev–Trinajstić information content (AvgIpc) is 2.52. The van der Waals surface area contributed by atoms with Gasteiger partial charge >= 0.3 is 0 Å². The predicted molar refractivity (Wildman–Crippen MR) is 80.3 cm³/mol. The van der Waals surface area contributed by atoms with Gasteiger partial charge in [0.1, 0.15) is 0 Å². The standard InChI is InChI=1S/C15H21N3O3/c19-15(13-5-7-14(8-6-13)18(20)21)16-9-4-12-17-10-2-1-3-11-17/h5-8H,1-4,9-12H2,(H,16,19). The minimum atomic E-state index is -0.472. The third-order valence-electron chi connectivity index (χ3n) is 3.73. The molecule has 1 N–H and O–H groups in total. The summed E-state index contributed by atoms with van der Waals surface area (Å²) in [6.07, 6.45) is 4.80. The highest BCUT2D eigenvalue weighted by molar-refractivity contribution is 5.94. The first-order valence-corrected chi connectivity index (χ1v) is 7.42.